The van der Waals surface area contributed by atoms with Crippen molar-refractivity contribution in [2.45, 2.75) is 5.88 Å². The molecule has 0 radical (unpaired) electrons. The second kappa shape index (κ2) is 5.79. The summed E-state index contributed by atoms with van der Waals surface area (Å²) in [6.45, 7) is 0. The topological polar surface area (TPSA) is 17.8 Å². The quantitative estimate of drug-likeness (QED) is 0.409. The molecule has 0 fully saturated rings. The van der Waals surface area contributed by atoms with Crippen LogP contribution in [0, 0.1) is 0 Å². The van der Waals surface area contributed by atoms with Gasteiger partial charge in [-0.3, -0.25) is 4.57 Å². The van der Waals surface area contributed by atoms with Crippen LogP contribution in [0.5, 0.6) is 0 Å². The molecule has 0 amide bonds. The van der Waals surface area contributed by atoms with E-state index in [1.165, 1.54) is 0 Å². The molecule has 102 valence electrons. The van der Waals surface area contributed by atoms with E-state index in [9.17, 15) is 0 Å². The van der Waals surface area contributed by atoms with Gasteiger partial charge in [0.05, 0.1) is 22.6 Å². The van der Waals surface area contributed by atoms with Crippen LogP contribution in [-0.4, -0.2) is 9.55 Å². The number of nitrogens with zero attached hydrogens (tertiary/aromatic N) is 2. The third kappa shape index (κ3) is 2.45. The molecule has 1 aromatic heterocycles. The highest BCUT2D eigenvalue weighted by Gasteiger charge is 2.16. The van der Waals surface area contributed by atoms with Gasteiger partial charge in [0.25, 0.3) is 0 Å². The molecule has 0 unspecified atom stereocenters. The zero-order chi connectivity index (χ0) is 14.3. The smallest absolute Gasteiger partial charge is 0.129 e. The highest BCUT2D eigenvalue weighted by Crippen LogP contribution is 2.34. The minimum absolute atomic E-state index is 0.347. The van der Waals surface area contributed by atoms with Crippen LogP contribution in [0.2, 0.25) is 0 Å². The number of imidazole rings is 1. The van der Waals surface area contributed by atoms with E-state index in [1.54, 1.807) is 0 Å². The Morgan fingerprint density at radius 3 is 2.40 bits per heavy atom. The lowest BCUT2D eigenvalue weighted by Crippen LogP contribution is -2.01. The van der Waals surface area contributed by atoms with E-state index in [1.807, 2.05) is 36.4 Å². The first-order valence-corrected chi connectivity index (χ1v) is 8.70. The molecule has 1 heterocycles. The predicted molar refractivity (Wildman–Crippen MR) is 93.7 cm³/mol. The van der Waals surface area contributed by atoms with Crippen LogP contribution >= 0.6 is 59.4 Å². The number of hydrogen-bond donors (Lipinski definition) is 0. The van der Waals surface area contributed by atoms with E-state index < -0.39 is 0 Å². The number of benzene rings is 2. The van der Waals surface area contributed by atoms with Gasteiger partial charge >= 0.3 is 0 Å². The van der Waals surface area contributed by atoms with Crippen molar-refractivity contribution in [3.8, 4) is 5.69 Å². The zero-order valence-corrected chi connectivity index (χ0v) is 15.6. The number of fused-ring (bicyclic) bond motifs is 1. The Labute approximate surface area is 146 Å². The Kier molecular flexibility index (Phi) is 4.22. The summed E-state index contributed by atoms with van der Waals surface area (Å²) in [5.74, 6) is 1.16. The summed E-state index contributed by atoms with van der Waals surface area (Å²) < 4.78 is 5.05. The van der Waals surface area contributed by atoms with Crippen molar-refractivity contribution in [3.05, 3.63) is 55.6 Å². The third-order valence-corrected chi connectivity index (χ3v) is 4.98. The van der Waals surface area contributed by atoms with E-state index in [0.29, 0.717) is 5.88 Å². The Hall–Kier alpha value is -0.360. The van der Waals surface area contributed by atoms with E-state index >= 15 is 0 Å². The second-order valence-electron chi connectivity index (χ2n) is 4.20. The Bertz CT molecular complexity index is 778. The molecule has 0 saturated carbocycles. The molecule has 3 aromatic rings. The van der Waals surface area contributed by atoms with Crippen molar-refractivity contribution < 1.29 is 0 Å². The summed E-state index contributed by atoms with van der Waals surface area (Å²) in [4.78, 5) is 4.60. The molecule has 2 nitrogen and oxygen atoms in total. The fourth-order valence-electron chi connectivity index (χ4n) is 2.14. The van der Waals surface area contributed by atoms with Crippen molar-refractivity contribution in [3.63, 3.8) is 0 Å². The molecular weight excluding hydrogens is 471 g/mol. The fraction of sp³-hybridized carbons (Fsp3) is 0.0714. The van der Waals surface area contributed by atoms with Gasteiger partial charge < -0.3 is 0 Å². The molecule has 0 saturated heterocycles. The van der Waals surface area contributed by atoms with E-state index in [2.05, 4.69) is 57.3 Å². The zero-order valence-electron chi connectivity index (χ0n) is 10.1. The average Bonchev–Trinajstić information content (AvgIpc) is 2.77. The summed E-state index contributed by atoms with van der Waals surface area (Å²) in [5.41, 5.74) is 2.94. The molecule has 20 heavy (non-hydrogen) atoms. The normalized spacial score (nSPS) is 11.2. The van der Waals surface area contributed by atoms with Crippen LogP contribution < -0.4 is 0 Å². The number of para-hydroxylation sites is 1. The van der Waals surface area contributed by atoms with Gasteiger partial charge in [-0.15, -0.1) is 11.6 Å². The molecule has 0 atom stereocenters. The molecule has 0 aliphatic carbocycles. The van der Waals surface area contributed by atoms with Crippen molar-refractivity contribution in [1.29, 1.82) is 0 Å². The average molecular weight is 479 g/mol. The lowest BCUT2D eigenvalue weighted by Gasteiger charge is -2.12. The van der Waals surface area contributed by atoms with Crippen LogP contribution in [0.25, 0.3) is 16.7 Å². The number of rotatable bonds is 2. The monoisotopic (exact) mass is 476 g/mol. The number of hydrogen-bond acceptors (Lipinski definition) is 1. The molecule has 0 aliphatic heterocycles. The maximum Gasteiger partial charge on any atom is 0.129 e. The number of halogens is 4. The first-order valence-electron chi connectivity index (χ1n) is 5.79. The highest BCUT2D eigenvalue weighted by molar-refractivity contribution is 9.11. The summed E-state index contributed by atoms with van der Waals surface area (Å²) in [7, 11) is 0. The summed E-state index contributed by atoms with van der Waals surface area (Å²) in [6.07, 6.45) is 0. The van der Waals surface area contributed by atoms with Gasteiger partial charge in [-0.2, -0.15) is 0 Å². The Morgan fingerprint density at radius 1 is 1.05 bits per heavy atom. The largest absolute Gasteiger partial charge is 0.293 e. The molecule has 6 heteroatoms. The highest BCUT2D eigenvalue weighted by atomic mass is 79.9. The minimum Gasteiger partial charge on any atom is -0.293 e. The third-order valence-electron chi connectivity index (χ3n) is 2.97. The first-order chi connectivity index (χ1) is 9.61. The van der Waals surface area contributed by atoms with Gasteiger partial charge in [-0.05, 0) is 62.2 Å². The molecule has 0 spiro atoms. The Balaban J connectivity index is 2.42. The lowest BCUT2D eigenvalue weighted by atomic mass is 10.3. The SMILES string of the molecule is ClCc1nc2ccc(Br)cc2n1-c1c(Br)cccc1Br. The van der Waals surface area contributed by atoms with E-state index in [4.69, 9.17) is 11.6 Å². The van der Waals surface area contributed by atoms with Crippen molar-refractivity contribution in [2.24, 2.45) is 0 Å². The van der Waals surface area contributed by atoms with Crippen LogP contribution in [-0.2, 0) is 5.88 Å². The van der Waals surface area contributed by atoms with Crippen molar-refractivity contribution in [2.75, 3.05) is 0 Å². The van der Waals surface area contributed by atoms with Crippen LogP contribution in [0.4, 0.5) is 0 Å². The predicted octanol–water partition coefficient (Wildman–Crippen LogP) is 6.05. The molecule has 0 bridgehead atoms. The molecule has 3 rings (SSSR count). The number of alkyl halides is 1. The van der Waals surface area contributed by atoms with Crippen LogP contribution in [0.1, 0.15) is 5.82 Å². The van der Waals surface area contributed by atoms with Gasteiger partial charge in [0.2, 0.25) is 0 Å². The van der Waals surface area contributed by atoms with E-state index in [-0.39, 0.29) is 0 Å². The van der Waals surface area contributed by atoms with Gasteiger partial charge in [0.15, 0.2) is 0 Å². The molecule has 0 N–H and O–H groups in total. The summed E-state index contributed by atoms with van der Waals surface area (Å²) in [6, 6.07) is 12.0. The van der Waals surface area contributed by atoms with Gasteiger partial charge in [-0.25, -0.2) is 4.98 Å². The Morgan fingerprint density at radius 2 is 1.75 bits per heavy atom. The van der Waals surface area contributed by atoms with Crippen LogP contribution in [0.15, 0.2) is 49.8 Å². The fourth-order valence-corrected chi connectivity index (χ4v) is 4.02. The first kappa shape index (κ1) is 14.6. The molecular formula is C14H8Br3ClN2. The van der Waals surface area contributed by atoms with Gasteiger partial charge in [0, 0.05) is 13.4 Å². The van der Waals surface area contributed by atoms with Crippen LogP contribution in [0.3, 0.4) is 0 Å². The minimum atomic E-state index is 0.347. The maximum atomic E-state index is 6.07. The number of aromatic nitrogens is 2. The standard InChI is InChI=1S/C14H8Br3ClN2/c15-8-4-5-11-12(6-8)20(13(7-18)19-11)14-9(16)2-1-3-10(14)17/h1-6H,7H2. The van der Waals surface area contributed by atoms with Crippen molar-refractivity contribution in [1.82, 2.24) is 9.55 Å². The maximum absolute atomic E-state index is 6.07. The van der Waals surface area contributed by atoms with Gasteiger partial charge in [0.1, 0.15) is 5.82 Å². The summed E-state index contributed by atoms with van der Waals surface area (Å²) >= 11 is 16.8. The van der Waals surface area contributed by atoms with E-state index in [0.717, 1.165) is 36.0 Å². The van der Waals surface area contributed by atoms with Gasteiger partial charge in [-0.1, -0.05) is 22.0 Å². The lowest BCUT2D eigenvalue weighted by molar-refractivity contribution is 0.972. The second-order valence-corrected chi connectivity index (χ2v) is 7.09. The molecule has 0 aliphatic rings. The molecule has 2 aromatic carbocycles. The summed E-state index contributed by atoms with van der Waals surface area (Å²) in [5, 5.41) is 0. The van der Waals surface area contributed by atoms with Crippen molar-refractivity contribution >= 4 is 70.4 Å².